The van der Waals surface area contributed by atoms with Crippen LogP contribution in [0.5, 0.6) is 5.75 Å². The number of methoxy groups -OCH3 is 1. The van der Waals surface area contributed by atoms with Crippen LogP contribution in [0.3, 0.4) is 0 Å². The van der Waals surface area contributed by atoms with Crippen molar-refractivity contribution in [3.63, 3.8) is 0 Å². The predicted molar refractivity (Wildman–Crippen MR) is 97.6 cm³/mol. The molecule has 1 aromatic heterocycles. The van der Waals surface area contributed by atoms with Gasteiger partial charge in [-0.25, -0.2) is 0 Å². The molecule has 1 atom stereocenters. The van der Waals surface area contributed by atoms with Crippen molar-refractivity contribution in [1.82, 2.24) is 14.8 Å². The molecule has 0 aromatic carbocycles. The van der Waals surface area contributed by atoms with Gasteiger partial charge in [0, 0.05) is 48.5 Å². The molecule has 0 aliphatic carbocycles. The monoisotopic (exact) mass is 349 g/mol. The van der Waals surface area contributed by atoms with E-state index in [1.54, 1.807) is 7.11 Å². The topological polar surface area (TPSA) is 45.7 Å². The Morgan fingerprint density at radius 2 is 2.08 bits per heavy atom. The van der Waals surface area contributed by atoms with Crippen LogP contribution in [-0.4, -0.2) is 65.0 Å². The largest absolute Gasteiger partial charge is 0.496 e. The molecule has 0 radical (unpaired) electrons. The van der Waals surface area contributed by atoms with Gasteiger partial charge in [-0.3, -0.25) is 14.7 Å². The molecule has 1 unspecified atom stereocenters. The maximum absolute atomic E-state index is 12.9. The number of aryl methyl sites for hydroxylation is 1. The molecular weight excluding hydrogens is 322 g/mol. The summed E-state index contributed by atoms with van der Waals surface area (Å²) in [5.41, 5.74) is 3.16. The highest BCUT2D eigenvalue weighted by atomic mass is 32.2. The van der Waals surface area contributed by atoms with E-state index in [0.717, 1.165) is 73.1 Å². The first-order chi connectivity index (χ1) is 11.6. The van der Waals surface area contributed by atoms with E-state index in [1.165, 1.54) is 0 Å². The second-order valence-corrected chi connectivity index (χ2v) is 7.84. The van der Waals surface area contributed by atoms with E-state index in [1.807, 2.05) is 24.9 Å². The van der Waals surface area contributed by atoms with Crippen LogP contribution in [0.25, 0.3) is 0 Å². The molecular formula is C18H27N3O2S. The summed E-state index contributed by atoms with van der Waals surface area (Å²) in [7, 11) is 1.70. The summed E-state index contributed by atoms with van der Waals surface area (Å²) in [5, 5.41) is 0. The van der Waals surface area contributed by atoms with Crippen LogP contribution in [0.1, 0.15) is 29.7 Å². The van der Waals surface area contributed by atoms with Crippen molar-refractivity contribution in [2.75, 3.05) is 38.2 Å². The molecule has 1 aromatic rings. The van der Waals surface area contributed by atoms with Crippen molar-refractivity contribution >= 4 is 17.7 Å². The maximum atomic E-state index is 12.9. The Labute approximate surface area is 148 Å². The van der Waals surface area contributed by atoms with Crippen LogP contribution in [0.4, 0.5) is 0 Å². The number of nitrogens with zero attached hydrogens (tertiary/aromatic N) is 3. The molecule has 2 aliphatic rings. The summed E-state index contributed by atoms with van der Waals surface area (Å²) in [4.78, 5) is 21.9. The third-order valence-electron chi connectivity index (χ3n) is 5.07. The lowest BCUT2D eigenvalue weighted by Gasteiger charge is -2.32. The van der Waals surface area contributed by atoms with Gasteiger partial charge < -0.3 is 9.64 Å². The van der Waals surface area contributed by atoms with E-state index in [9.17, 15) is 4.79 Å². The Morgan fingerprint density at radius 3 is 2.79 bits per heavy atom. The van der Waals surface area contributed by atoms with Gasteiger partial charge >= 0.3 is 0 Å². The van der Waals surface area contributed by atoms with Crippen molar-refractivity contribution < 1.29 is 9.53 Å². The summed E-state index contributed by atoms with van der Waals surface area (Å²) >= 11 is 1.94. The number of thioether (sulfide) groups is 1. The first kappa shape index (κ1) is 17.5. The number of pyridine rings is 1. The lowest BCUT2D eigenvalue weighted by Crippen LogP contribution is -2.48. The fourth-order valence-corrected chi connectivity index (χ4v) is 4.62. The van der Waals surface area contributed by atoms with E-state index >= 15 is 0 Å². The number of hydrogen-bond acceptors (Lipinski definition) is 5. The van der Waals surface area contributed by atoms with Gasteiger partial charge in [0.25, 0.3) is 0 Å². The van der Waals surface area contributed by atoms with Gasteiger partial charge in [-0.2, -0.15) is 11.8 Å². The average Bonchev–Trinajstić information content (AvgIpc) is 3.06. The Hall–Kier alpha value is -1.27. The molecule has 5 nitrogen and oxygen atoms in total. The molecule has 1 amide bonds. The number of hydrogen-bond donors (Lipinski definition) is 0. The first-order valence-corrected chi connectivity index (χ1v) is 9.87. The van der Waals surface area contributed by atoms with E-state index in [2.05, 4.69) is 21.7 Å². The molecule has 2 aliphatic heterocycles. The van der Waals surface area contributed by atoms with Crippen LogP contribution in [0.2, 0.25) is 0 Å². The van der Waals surface area contributed by atoms with Gasteiger partial charge in [0.1, 0.15) is 5.75 Å². The summed E-state index contributed by atoms with van der Waals surface area (Å²) in [6.45, 7) is 7.55. The molecule has 3 heterocycles. The zero-order chi connectivity index (χ0) is 17.1. The highest BCUT2D eigenvalue weighted by molar-refractivity contribution is 7.99. The molecule has 3 rings (SSSR count). The van der Waals surface area contributed by atoms with Crippen molar-refractivity contribution in [3.8, 4) is 5.75 Å². The highest BCUT2D eigenvalue weighted by Crippen LogP contribution is 2.28. The molecule has 6 heteroatoms. The fraction of sp³-hybridized carbons (Fsp3) is 0.667. The summed E-state index contributed by atoms with van der Waals surface area (Å²) in [5.74, 6) is 3.35. The van der Waals surface area contributed by atoms with E-state index in [0.29, 0.717) is 5.91 Å². The number of amides is 1. The maximum Gasteiger partial charge on any atom is 0.239 e. The van der Waals surface area contributed by atoms with Crippen LogP contribution >= 0.6 is 11.8 Å². The minimum absolute atomic E-state index is 0.0154. The third kappa shape index (κ3) is 3.54. The second kappa shape index (κ2) is 7.74. The number of likely N-dealkylation sites (tertiary alicyclic amines) is 1. The Bertz CT molecular complexity index is 602. The highest BCUT2D eigenvalue weighted by Gasteiger charge is 2.34. The number of rotatable bonds is 4. The van der Waals surface area contributed by atoms with Gasteiger partial charge in [-0.15, -0.1) is 0 Å². The molecule has 132 valence electrons. The van der Waals surface area contributed by atoms with Crippen LogP contribution < -0.4 is 4.74 Å². The standard InChI is InChI=1S/C18H27N3O2S/c1-13-11-19-15(14(2)17(13)23-3)12-21-6-4-5-16(21)18(22)20-7-9-24-10-8-20/h11,16H,4-10,12H2,1-3H3. The zero-order valence-corrected chi connectivity index (χ0v) is 15.7. The van der Waals surface area contributed by atoms with Crippen LogP contribution in [0, 0.1) is 13.8 Å². The van der Waals surface area contributed by atoms with Crippen molar-refractivity contribution in [2.45, 2.75) is 39.3 Å². The lowest BCUT2D eigenvalue weighted by molar-refractivity contribution is -0.135. The number of ether oxygens (including phenoxy) is 1. The normalized spacial score (nSPS) is 22.0. The van der Waals surface area contributed by atoms with Gasteiger partial charge in [-0.05, 0) is 33.2 Å². The predicted octanol–water partition coefficient (Wildman–Crippen LogP) is 2.25. The van der Waals surface area contributed by atoms with Gasteiger partial charge in [0.15, 0.2) is 0 Å². The molecule has 0 spiro atoms. The molecule has 24 heavy (non-hydrogen) atoms. The van der Waals surface area contributed by atoms with Gasteiger partial charge in [-0.1, -0.05) is 0 Å². The minimum atomic E-state index is 0.0154. The molecule has 0 N–H and O–H groups in total. The fourth-order valence-electron chi connectivity index (χ4n) is 3.71. The Kier molecular flexibility index (Phi) is 5.66. The molecule has 2 saturated heterocycles. The first-order valence-electron chi connectivity index (χ1n) is 8.71. The van der Waals surface area contributed by atoms with E-state index in [-0.39, 0.29) is 6.04 Å². The van der Waals surface area contributed by atoms with Crippen molar-refractivity contribution in [3.05, 3.63) is 23.0 Å². The molecule has 0 bridgehead atoms. The van der Waals surface area contributed by atoms with Crippen molar-refractivity contribution in [2.24, 2.45) is 0 Å². The summed E-state index contributed by atoms with van der Waals surface area (Å²) in [6, 6.07) is 0.0154. The quantitative estimate of drug-likeness (QED) is 0.834. The average molecular weight is 350 g/mol. The minimum Gasteiger partial charge on any atom is -0.496 e. The zero-order valence-electron chi connectivity index (χ0n) is 14.9. The van der Waals surface area contributed by atoms with Crippen LogP contribution in [-0.2, 0) is 11.3 Å². The molecule has 2 fully saturated rings. The van der Waals surface area contributed by atoms with E-state index in [4.69, 9.17) is 4.74 Å². The molecule has 0 saturated carbocycles. The summed E-state index contributed by atoms with van der Waals surface area (Å²) < 4.78 is 5.51. The van der Waals surface area contributed by atoms with Gasteiger partial charge in [0.2, 0.25) is 5.91 Å². The summed E-state index contributed by atoms with van der Waals surface area (Å²) in [6.07, 6.45) is 3.92. The third-order valence-corrected chi connectivity index (χ3v) is 6.02. The number of carbonyl (C=O) groups excluding carboxylic acids is 1. The number of aromatic nitrogens is 1. The second-order valence-electron chi connectivity index (χ2n) is 6.61. The van der Waals surface area contributed by atoms with Crippen LogP contribution in [0.15, 0.2) is 6.20 Å². The number of carbonyl (C=O) groups is 1. The SMILES string of the molecule is COc1c(C)cnc(CN2CCCC2C(=O)N2CCSCC2)c1C. The van der Waals surface area contributed by atoms with Crippen molar-refractivity contribution in [1.29, 1.82) is 0 Å². The van der Waals surface area contributed by atoms with E-state index < -0.39 is 0 Å². The smallest absolute Gasteiger partial charge is 0.239 e. The van der Waals surface area contributed by atoms with Gasteiger partial charge in [0.05, 0.1) is 18.8 Å². The Balaban J connectivity index is 1.73. The Morgan fingerprint density at radius 1 is 1.33 bits per heavy atom. The lowest BCUT2D eigenvalue weighted by atomic mass is 10.1.